The second-order valence-electron chi connectivity index (χ2n) is 5.87. The number of nitro benzene ring substituents is 1. The van der Waals surface area contributed by atoms with Crippen molar-refractivity contribution in [2.45, 2.75) is 18.9 Å². The molecule has 0 fully saturated rings. The molecule has 2 N–H and O–H groups in total. The summed E-state index contributed by atoms with van der Waals surface area (Å²) in [7, 11) is 1.32. The second kappa shape index (κ2) is 8.89. The minimum atomic E-state index is -1.43. The number of benzene rings is 2. The standard InChI is InChI=1S/C18H16F2N2O6/c1-28-16-3-2-14(22(26)27)7-11(16)8-15(18(24)25)21-17(23)6-10-4-12(19)9-13(20)5-10/h2-5,7,9,15H,6,8H2,1H3,(H,21,23)(H,24,25)/t15-/m0/s1. The fraction of sp³-hybridized carbons (Fsp3) is 0.222. The number of amides is 1. The summed E-state index contributed by atoms with van der Waals surface area (Å²) in [5.74, 6) is -3.66. The lowest BCUT2D eigenvalue weighted by molar-refractivity contribution is -0.384. The Labute approximate surface area is 157 Å². The van der Waals surface area contributed by atoms with E-state index in [4.69, 9.17) is 4.74 Å². The van der Waals surface area contributed by atoms with Gasteiger partial charge in [0.25, 0.3) is 5.69 Å². The molecule has 148 valence electrons. The first-order valence-corrected chi connectivity index (χ1v) is 7.98. The van der Waals surface area contributed by atoms with Crippen LogP contribution in [-0.2, 0) is 22.4 Å². The van der Waals surface area contributed by atoms with Gasteiger partial charge >= 0.3 is 5.97 Å². The number of hydrogen-bond donors (Lipinski definition) is 2. The van der Waals surface area contributed by atoms with Crippen LogP contribution in [0.25, 0.3) is 0 Å². The van der Waals surface area contributed by atoms with Crippen LogP contribution in [-0.4, -0.2) is 35.1 Å². The average molecular weight is 394 g/mol. The Morgan fingerprint density at radius 2 is 1.86 bits per heavy atom. The van der Waals surface area contributed by atoms with Crippen molar-refractivity contribution in [1.82, 2.24) is 5.32 Å². The van der Waals surface area contributed by atoms with Gasteiger partial charge in [-0.3, -0.25) is 14.9 Å². The molecule has 2 aromatic carbocycles. The van der Waals surface area contributed by atoms with E-state index in [0.717, 1.165) is 18.2 Å². The van der Waals surface area contributed by atoms with E-state index in [1.807, 2.05) is 0 Å². The van der Waals surface area contributed by atoms with Crippen LogP contribution in [0, 0.1) is 21.7 Å². The van der Waals surface area contributed by atoms with Gasteiger partial charge in [-0.15, -0.1) is 0 Å². The van der Waals surface area contributed by atoms with E-state index in [0.29, 0.717) is 6.07 Å². The van der Waals surface area contributed by atoms with Gasteiger partial charge in [0.2, 0.25) is 5.91 Å². The molecule has 0 aliphatic rings. The quantitative estimate of drug-likeness (QED) is 0.524. The highest BCUT2D eigenvalue weighted by atomic mass is 19.1. The van der Waals surface area contributed by atoms with Crippen molar-refractivity contribution in [3.8, 4) is 5.75 Å². The molecule has 0 unspecified atom stereocenters. The van der Waals surface area contributed by atoms with Crippen LogP contribution in [0.3, 0.4) is 0 Å². The van der Waals surface area contributed by atoms with E-state index in [1.54, 1.807) is 0 Å². The fourth-order valence-electron chi connectivity index (χ4n) is 2.60. The van der Waals surface area contributed by atoms with Gasteiger partial charge in [0.15, 0.2) is 0 Å². The number of methoxy groups -OCH3 is 1. The summed E-state index contributed by atoms with van der Waals surface area (Å²) in [5.41, 5.74) is -0.0187. The minimum absolute atomic E-state index is 0.0343. The Morgan fingerprint density at radius 3 is 2.39 bits per heavy atom. The Morgan fingerprint density at radius 1 is 1.21 bits per heavy atom. The fourth-order valence-corrected chi connectivity index (χ4v) is 2.60. The first-order valence-electron chi connectivity index (χ1n) is 7.98. The predicted molar refractivity (Wildman–Crippen MR) is 93.0 cm³/mol. The minimum Gasteiger partial charge on any atom is -0.496 e. The Hall–Kier alpha value is -3.56. The normalized spacial score (nSPS) is 11.5. The van der Waals surface area contributed by atoms with Gasteiger partial charge in [0.1, 0.15) is 23.4 Å². The molecule has 1 atom stereocenters. The molecular weight excluding hydrogens is 378 g/mol. The lowest BCUT2D eigenvalue weighted by atomic mass is 10.0. The summed E-state index contributed by atoms with van der Waals surface area (Å²) in [6.07, 6.45) is -0.728. The third kappa shape index (κ3) is 5.47. The molecule has 2 rings (SSSR count). The van der Waals surface area contributed by atoms with Crippen LogP contribution in [0.15, 0.2) is 36.4 Å². The number of non-ortho nitro benzene ring substituents is 1. The van der Waals surface area contributed by atoms with E-state index >= 15 is 0 Å². The molecule has 8 nitrogen and oxygen atoms in total. The van der Waals surface area contributed by atoms with Crippen LogP contribution < -0.4 is 10.1 Å². The number of carboxylic acid groups (broad SMARTS) is 1. The number of halogens is 2. The molecule has 0 radical (unpaired) electrons. The summed E-state index contributed by atoms with van der Waals surface area (Å²) in [6.45, 7) is 0. The van der Waals surface area contributed by atoms with Gasteiger partial charge in [0.05, 0.1) is 18.5 Å². The number of nitro groups is 1. The predicted octanol–water partition coefficient (Wildman–Crippen LogP) is 2.24. The van der Waals surface area contributed by atoms with Gasteiger partial charge in [0, 0.05) is 30.2 Å². The van der Waals surface area contributed by atoms with E-state index in [1.165, 1.54) is 19.2 Å². The van der Waals surface area contributed by atoms with Crippen LogP contribution in [0.2, 0.25) is 0 Å². The molecule has 0 saturated carbocycles. The zero-order valence-electron chi connectivity index (χ0n) is 14.6. The third-order valence-corrected chi connectivity index (χ3v) is 3.82. The van der Waals surface area contributed by atoms with Gasteiger partial charge in [-0.1, -0.05) is 0 Å². The molecule has 0 saturated heterocycles. The van der Waals surface area contributed by atoms with Gasteiger partial charge < -0.3 is 15.2 Å². The first-order chi connectivity index (χ1) is 13.2. The number of nitrogens with zero attached hydrogens (tertiary/aromatic N) is 1. The monoisotopic (exact) mass is 394 g/mol. The number of hydrogen-bond acceptors (Lipinski definition) is 5. The Bertz CT molecular complexity index is 899. The van der Waals surface area contributed by atoms with Crippen molar-refractivity contribution >= 4 is 17.6 Å². The maximum absolute atomic E-state index is 13.2. The first kappa shape index (κ1) is 20.7. The maximum Gasteiger partial charge on any atom is 0.326 e. The molecule has 0 aromatic heterocycles. The van der Waals surface area contributed by atoms with E-state index in [-0.39, 0.29) is 29.0 Å². The summed E-state index contributed by atoms with van der Waals surface area (Å²) >= 11 is 0. The van der Waals surface area contributed by atoms with Crippen LogP contribution in [0.4, 0.5) is 14.5 Å². The summed E-state index contributed by atoms with van der Waals surface area (Å²) in [4.78, 5) is 33.9. The van der Waals surface area contributed by atoms with Gasteiger partial charge in [-0.2, -0.15) is 0 Å². The van der Waals surface area contributed by atoms with Crippen molar-refractivity contribution in [2.75, 3.05) is 7.11 Å². The van der Waals surface area contributed by atoms with Crippen molar-refractivity contribution in [3.05, 3.63) is 69.3 Å². The number of nitrogens with one attached hydrogen (secondary N) is 1. The Kier molecular flexibility index (Phi) is 6.59. The molecule has 0 aliphatic carbocycles. The van der Waals surface area contributed by atoms with E-state index in [9.17, 15) is 33.6 Å². The van der Waals surface area contributed by atoms with Crippen molar-refractivity contribution < 1.29 is 33.1 Å². The van der Waals surface area contributed by atoms with Crippen LogP contribution in [0.5, 0.6) is 5.75 Å². The molecular formula is C18H16F2N2O6. The third-order valence-electron chi connectivity index (χ3n) is 3.82. The summed E-state index contributed by atoms with van der Waals surface area (Å²) in [6, 6.07) is 4.82. The topological polar surface area (TPSA) is 119 Å². The number of carbonyl (C=O) groups is 2. The van der Waals surface area contributed by atoms with Gasteiger partial charge in [-0.25, -0.2) is 13.6 Å². The molecule has 0 aliphatic heterocycles. The zero-order chi connectivity index (χ0) is 20.8. The zero-order valence-corrected chi connectivity index (χ0v) is 14.6. The molecule has 10 heteroatoms. The Balaban J connectivity index is 2.17. The largest absolute Gasteiger partial charge is 0.496 e. The van der Waals surface area contributed by atoms with E-state index < -0.39 is 40.9 Å². The molecule has 1 amide bonds. The number of rotatable bonds is 8. The highest BCUT2D eigenvalue weighted by Gasteiger charge is 2.23. The molecule has 0 heterocycles. The van der Waals surface area contributed by atoms with Gasteiger partial charge in [-0.05, 0) is 23.8 Å². The molecule has 0 bridgehead atoms. The summed E-state index contributed by atoms with van der Waals surface area (Å²) < 4.78 is 31.5. The summed E-state index contributed by atoms with van der Waals surface area (Å²) in [5, 5.41) is 22.5. The number of ether oxygens (including phenoxy) is 1. The molecule has 2 aromatic rings. The SMILES string of the molecule is COc1ccc([N+](=O)[O-])cc1C[C@H](NC(=O)Cc1cc(F)cc(F)c1)C(=O)O. The van der Waals surface area contributed by atoms with Crippen molar-refractivity contribution in [2.24, 2.45) is 0 Å². The second-order valence-corrected chi connectivity index (χ2v) is 5.87. The number of aliphatic carboxylic acids is 1. The number of carbonyl (C=O) groups excluding carboxylic acids is 1. The molecule has 28 heavy (non-hydrogen) atoms. The smallest absolute Gasteiger partial charge is 0.326 e. The highest BCUT2D eigenvalue weighted by Crippen LogP contribution is 2.25. The maximum atomic E-state index is 13.2. The lowest BCUT2D eigenvalue weighted by Crippen LogP contribution is -2.43. The van der Waals surface area contributed by atoms with Crippen molar-refractivity contribution in [1.29, 1.82) is 0 Å². The number of carboxylic acids is 1. The lowest BCUT2D eigenvalue weighted by Gasteiger charge is -2.16. The molecule has 0 spiro atoms. The van der Waals surface area contributed by atoms with Crippen LogP contribution >= 0.6 is 0 Å². The van der Waals surface area contributed by atoms with Crippen molar-refractivity contribution in [3.63, 3.8) is 0 Å². The highest BCUT2D eigenvalue weighted by molar-refractivity contribution is 5.85. The average Bonchev–Trinajstić information content (AvgIpc) is 2.59. The van der Waals surface area contributed by atoms with Crippen LogP contribution in [0.1, 0.15) is 11.1 Å². The van der Waals surface area contributed by atoms with E-state index in [2.05, 4.69) is 5.32 Å².